The maximum absolute atomic E-state index is 13.0. The molecule has 2 aromatic rings. The van der Waals surface area contributed by atoms with Crippen LogP contribution in [-0.2, 0) is 11.2 Å². The molecule has 1 aromatic carbocycles. The number of methoxy groups -OCH3 is 1. The summed E-state index contributed by atoms with van der Waals surface area (Å²) < 4.78 is 5.32. The highest BCUT2D eigenvalue weighted by Crippen LogP contribution is 2.34. The average Bonchev–Trinajstić information content (AvgIpc) is 3.07. The van der Waals surface area contributed by atoms with Crippen LogP contribution in [0.5, 0.6) is 5.75 Å². The van der Waals surface area contributed by atoms with Gasteiger partial charge in [0, 0.05) is 23.5 Å². The van der Waals surface area contributed by atoms with Crippen LogP contribution < -0.4 is 10.5 Å². The molecule has 1 aliphatic rings. The molecule has 1 saturated heterocycles. The van der Waals surface area contributed by atoms with E-state index in [1.54, 1.807) is 7.11 Å². The van der Waals surface area contributed by atoms with E-state index in [1.165, 1.54) is 0 Å². The van der Waals surface area contributed by atoms with Crippen molar-refractivity contribution in [1.29, 1.82) is 0 Å². The number of amides is 1. The van der Waals surface area contributed by atoms with Gasteiger partial charge in [-0.2, -0.15) is 0 Å². The Morgan fingerprint density at radius 2 is 2.04 bits per heavy atom. The molecule has 1 aliphatic heterocycles. The largest absolute Gasteiger partial charge is 0.497 e. The predicted octanol–water partition coefficient (Wildman–Crippen LogP) is 2.59. The van der Waals surface area contributed by atoms with E-state index in [0.717, 1.165) is 47.7 Å². The molecule has 0 bridgehead atoms. The van der Waals surface area contributed by atoms with E-state index in [0.29, 0.717) is 6.42 Å². The van der Waals surface area contributed by atoms with Crippen LogP contribution in [0.3, 0.4) is 0 Å². The number of anilines is 1. The zero-order valence-corrected chi connectivity index (χ0v) is 15.0. The molecule has 1 fully saturated rings. The lowest BCUT2D eigenvalue weighted by Gasteiger charge is -2.26. The molecule has 0 spiro atoms. The van der Waals surface area contributed by atoms with Crippen molar-refractivity contribution in [2.24, 2.45) is 0 Å². The van der Waals surface area contributed by atoms with E-state index in [4.69, 9.17) is 10.5 Å². The van der Waals surface area contributed by atoms with Crippen molar-refractivity contribution in [2.45, 2.75) is 39.2 Å². The monoisotopic (exact) mass is 340 g/mol. The maximum atomic E-state index is 13.0. The fourth-order valence-corrected chi connectivity index (χ4v) is 3.53. The van der Waals surface area contributed by atoms with Gasteiger partial charge in [0.25, 0.3) is 0 Å². The first-order valence-corrected chi connectivity index (χ1v) is 8.52. The Bertz CT molecular complexity index is 768. The van der Waals surface area contributed by atoms with E-state index in [1.807, 2.05) is 36.9 Å². The van der Waals surface area contributed by atoms with Crippen LogP contribution in [0.15, 0.2) is 24.3 Å². The average molecular weight is 340 g/mol. The van der Waals surface area contributed by atoms with Gasteiger partial charge in [0.1, 0.15) is 5.75 Å². The lowest BCUT2D eigenvalue weighted by Crippen LogP contribution is -2.32. The molecule has 6 heteroatoms. The van der Waals surface area contributed by atoms with E-state index in [-0.39, 0.29) is 17.9 Å². The van der Waals surface area contributed by atoms with Gasteiger partial charge in [-0.3, -0.25) is 4.79 Å². The molecule has 1 aromatic heterocycles. The van der Waals surface area contributed by atoms with Gasteiger partial charge in [0.05, 0.1) is 19.6 Å². The van der Waals surface area contributed by atoms with Crippen LogP contribution in [0.4, 0.5) is 5.95 Å². The Hall–Kier alpha value is -2.63. The summed E-state index contributed by atoms with van der Waals surface area (Å²) in [7, 11) is 1.66. The Labute approximate surface area is 148 Å². The van der Waals surface area contributed by atoms with Crippen molar-refractivity contribution < 1.29 is 9.53 Å². The fraction of sp³-hybridized carbons (Fsp3) is 0.421. The van der Waals surface area contributed by atoms with Gasteiger partial charge in [-0.05, 0) is 44.4 Å². The van der Waals surface area contributed by atoms with Gasteiger partial charge in [-0.15, -0.1) is 0 Å². The number of aromatic nitrogens is 2. The zero-order chi connectivity index (χ0) is 18.0. The number of carbonyl (C=O) groups excluding carboxylic acids is 1. The highest BCUT2D eigenvalue weighted by atomic mass is 16.5. The second-order valence-electron chi connectivity index (χ2n) is 6.43. The summed E-state index contributed by atoms with van der Waals surface area (Å²) in [6.45, 7) is 4.52. The lowest BCUT2D eigenvalue weighted by molar-refractivity contribution is -0.131. The summed E-state index contributed by atoms with van der Waals surface area (Å²) in [5, 5.41) is 0. The number of hydrogen-bond donors (Lipinski definition) is 1. The summed E-state index contributed by atoms with van der Waals surface area (Å²) in [5.41, 5.74) is 9.21. The molecule has 2 heterocycles. The third-order valence-corrected chi connectivity index (χ3v) is 4.82. The summed E-state index contributed by atoms with van der Waals surface area (Å²) >= 11 is 0. The highest BCUT2D eigenvalue weighted by molar-refractivity contribution is 5.80. The minimum absolute atomic E-state index is 0.0953. The predicted molar refractivity (Wildman–Crippen MR) is 96.3 cm³/mol. The van der Waals surface area contributed by atoms with Gasteiger partial charge in [0.2, 0.25) is 11.9 Å². The van der Waals surface area contributed by atoms with Gasteiger partial charge in [-0.25, -0.2) is 9.97 Å². The first kappa shape index (κ1) is 17.2. The van der Waals surface area contributed by atoms with E-state index in [2.05, 4.69) is 16.0 Å². The Balaban J connectivity index is 1.81. The lowest BCUT2D eigenvalue weighted by atomic mass is 10.0. The van der Waals surface area contributed by atoms with Gasteiger partial charge < -0.3 is 15.4 Å². The van der Waals surface area contributed by atoms with E-state index >= 15 is 0 Å². The number of nitrogens with two attached hydrogens (primary N) is 1. The Morgan fingerprint density at radius 3 is 2.72 bits per heavy atom. The molecule has 0 unspecified atom stereocenters. The minimum atomic E-state index is 0.0953. The number of benzene rings is 1. The van der Waals surface area contributed by atoms with Crippen LogP contribution in [0, 0.1) is 13.8 Å². The van der Waals surface area contributed by atoms with E-state index < -0.39 is 0 Å². The smallest absolute Gasteiger partial charge is 0.227 e. The topological polar surface area (TPSA) is 81.3 Å². The molecule has 0 saturated carbocycles. The molecule has 3 rings (SSSR count). The Kier molecular flexibility index (Phi) is 4.88. The van der Waals surface area contributed by atoms with Gasteiger partial charge in [-0.1, -0.05) is 12.1 Å². The zero-order valence-electron chi connectivity index (χ0n) is 15.0. The first-order chi connectivity index (χ1) is 12.0. The van der Waals surface area contributed by atoms with E-state index in [9.17, 15) is 4.79 Å². The van der Waals surface area contributed by atoms with Crippen LogP contribution in [0.25, 0.3) is 0 Å². The SMILES string of the molecule is COc1cccc([C@@H]2CCCN2C(=O)Cc2c(C)nc(N)nc2C)c1. The molecule has 1 atom stereocenters. The van der Waals surface area contributed by atoms with Crippen LogP contribution in [0.2, 0.25) is 0 Å². The third-order valence-electron chi connectivity index (χ3n) is 4.82. The normalized spacial score (nSPS) is 16.9. The molecule has 6 nitrogen and oxygen atoms in total. The van der Waals surface area contributed by atoms with Crippen LogP contribution in [0.1, 0.15) is 41.4 Å². The van der Waals surface area contributed by atoms with Crippen molar-refractivity contribution in [3.8, 4) is 5.75 Å². The molecule has 132 valence electrons. The standard InChI is InChI=1S/C19H24N4O2/c1-12-16(13(2)22-19(20)21-12)11-18(24)23-9-5-8-17(23)14-6-4-7-15(10-14)25-3/h4,6-7,10,17H,5,8-9,11H2,1-3H3,(H2,20,21,22)/t17-/m0/s1. The molecule has 0 aliphatic carbocycles. The molecular weight excluding hydrogens is 316 g/mol. The van der Waals surface area contributed by atoms with Crippen LogP contribution in [-0.4, -0.2) is 34.4 Å². The second kappa shape index (κ2) is 7.09. The molecule has 2 N–H and O–H groups in total. The number of hydrogen-bond acceptors (Lipinski definition) is 5. The molecular formula is C19H24N4O2. The highest BCUT2D eigenvalue weighted by Gasteiger charge is 2.30. The summed E-state index contributed by atoms with van der Waals surface area (Å²) in [5.74, 6) is 1.17. The van der Waals surface area contributed by atoms with Crippen molar-refractivity contribution in [3.05, 3.63) is 46.8 Å². The quantitative estimate of drug-likeness (QED) is 0.925. The third kappa shape index (κ3) is 3.57. The number of rotatable bonds is 4. The van der Waals surface area contributed by atoms with Gasteiger partial charge in [0.15, 0.2) is 0 Å². The van der Waals surface area contributed by atoms with Gasteiger partial charge >= 0.3 is 0 Å². The number of aryl methyl sites for hydroxylation is 2. The molecule has 1 amide bonds. The van der Waals surface area contributed by atoms with Crippen molar-refractivity contribution >= 4 is 11.9 Å². The van der Waals surface area contributed by atoms with Crippen LogP contribution >= 0.6 is 0 Å². The number of nitrogen functional groups attached to an aromatic ring is 1. The molecule has 0 radical (unpaired) electrons. The fourth-order valence-electron chi connectivity index (χ4n) is 3.53. The number of carbonyl (C=O) groups is 1. The maximum Gasteiger partial charge on any atom is 0.227 e. The summed E-state index contributed by atoms with van der Waals surface area (Å²) in [6, 6.07) is 8.05. The number of ether oxygens (including phenoxy) is 1. The molecule has 25 heavy (non-hydrogen) atoms. The summed E-state index contributed by atoms with van der Waals surface area (Å²) in [4.78, 5) is 23.3. The Morgan fingerprint density at radius 1 is 1.32 bits per heavy atom. The van der Waals surface area contributed by atoms with Crippen molar-refractivity contribution in [2.75, 3.05) is 19.4 Å². The minimum Gasteiger partial charge on any atom is -0.497 e. The number of nitrogens with zero attached hydrogens (tertiary/aromatic N) is 3. The summed E-state index contributed by atoms with van der Waals surface area (Å²) in [6.07, 6.45) is 2.28. The second-order valence-corrected chi connectivity index (χ2v) is 6.43. The van der Waals surface area contributed by atoms with Crippen molar-refractivity contribution in [1.82, 2.24) is 14.9 Å². The van der Waals surface area contributed by atoms with Crippen molar-refractivity contribution in [3.63, 3.8) is 0 Å². The number of likely N-dealkylation sites (tertiary alicyclic amines) is 1. The first-order valence-electron chi connectivity index (χ1n) is 8.52.